The lowest BCUT2D eigenvalue weighted by Gasteiger charge is -2.20. The van der Waals surface area contributed by atoms with Crippen molar-refractivity contribution in [2.75, 3.05) is 16.1 Å². The molecule has 0 amide bonds. The Bertz CT molecular complexity index is 2190. The Kier molecular flexibility index (Phi) is 9.73. The van der Waals surface area contributed by atoms with Crippen LogP contribution < -0.4 is 9.03 Å². The van der Waals surface area contributed by atoms with Gasteiger partial charge in [-0.25, -0.2) is 26.2 Å². The van der Waals surface area contributed by atoms with E-state index in [1.54, 1.807) is 72.8 Å². The fourth-order valence-electron chi connectivity index (χ4n) is 4.40. The number of carbonyl (C=O) groups excluding carboxylic acids is 2. The lowest BCUT2D eigenvalue weighted by Crippen LogP contribution is -2.28. The van der Waals surface area contributed by atoms with Gasteiger partial charge < -0.3 is 0 Å². The molecule has 0 fully saturated rings. The lowest BCUT2D eigenvalue weighted by molar-refractivity contribution is 0.111. The maximum atomic E-state index is 12.8. The first kappa shape index (κ1) is 32.5. The van der Waals surface area contributed by atoms with Crippen molar-refractivity contribution in [2.45, 2.75) is 9.79 Å². The van der Waals surface area contributed by atoms with Gasteiger partial charge in [-0.05, 0) is 48.5 Å². The average Bonchev–Trinajstić information content (AvgIpc) is 3.74. The predicted octanol–water partition coefficient (Wildman–Crippen LogP) is 5.00. The van der Waals surface area contributed by atoms with Gasteiger partial charge in [0, 0.05) is 19.2 Å². The molecule has 0 atom stereocenters. The molecule has 12 nitrogen and oxygen atoms in total. The summed E-state index contributed by atoms with van der Waals surface area (Å²) in [6, 6.07) is 36.9. The number of rotatable bonds is 10. The van der Waals surface area contributed by atoms with Crippen LogP contribution in [0.1, 0.15) is 21.0 Å². The Morgan fingerprint density at radius 1 is 0.596 bits per heavy atom. The number of carbonyl (C=O) groups is 2. The van der Waals surface area contributed by atoms with E-state index >= 15 is 0 Å². The summed E-state index contributed by atoms with van der Waals surface area (Å²) in [5.41, 5.74) is 1.60. The highest BCUT2D eigenvalue weighted by molar-refractivity contribution is 7.93. The minimum atomic E-state index is -3.77. The Hall–Kier alpha value is -5.86. The highest BCUT2D eigenvalue weighted by atomic mass is 32.2. The van der Waals surface area contributed by atoms with Crippen molar-refractivity contribution in [2.24, 2.45) is 0 Å². The van der Waals surface area contributed by atoms with Gasteiger partial charge in [0.15, 0.2) is 12.6 Å². The Balaban J connectivity index is 0.000000185. The summed E-state index contributed by atoms with van der Waals surface area (Å²) < 4.78 is 56.9. The van der Waals surface area contributed by atoms with Gasteiger partial charge in [-0.15, -0.1) is 0 Å². The third-order valence-electron chi connectivity index (χ3n) is 6.70. The number of benzene rings is 4. The van der Waals surface area contributed by atoms with E-state index in [9.17, 15) is 26.4 Å². The number of hydrogen-bond acceptors (Lipinski definition) is 8. The smallest absolute Gasteiger partial charge is 0.265 e. The molecule has 0 aliphatic carbocycles. The molecule has 0 radical (unpaired) electrons. The summed E-state index contributed by atoms with van der Waals surface area (Å²) in [7, 11) is -6.09. The molecule has 0 saturated carbocycles. The summed E-state index contributed by atoms with van der Waals surface area (Å²) in [6.07, 6.45) is 1.16. The summed E-state index contributed by atoms with van der Waals surface area (Å²) >= 11 is 0. The molecular formula is C33H28N6O6S2. The molecule has 0 spiro atoms. The van der Waals surface area contributed by atoms with Crippen LogP contribution in [-0.4, -0.2) is 56.0 Å². The zero-order valence-corrected chi connectivity index (χ0v) is 26.5. The quantitative estimate of drug-likeness (QED) is 0.200. The second-order valence-electron chi connectivity index (χ2n) is 9.82. The summed E-state index contributed by atoms with van der Waals surface area (Å²) in [5.74, 6) is 0.481. The Morgan fingerprint density at radius 3 is 1.53 bits per heavy atom. The largest absolute Gasteiger partial charge is 0.296 e. The second-order valence-corrected chi connectivity index (χ2v) is 13.5. The van der Waals surface area contributed by atoms with Crippen LogP contribution in [0.3, 0.4) is 0 Å². The molecule has 6 rings (SSSR count). The number of nitrogens with one attached hydrogen (secondary N) is 1. The molecule has 238 valence electrons. The van der Waals surface area contributed by atoms with Crippen molar-refractivity contribution in [3.05, 3.63) is 145 Å². The van der Waals surface area contributed by atoms with Crippen LogP contribution in [0, 0.1) is 0 Å². The van der Waals surface area contributed by atoms with E-state index in [2.05, 4.69) is 14.9 Å². The van der Waals surface area contributed by atoms with Crippen molar-refractivity contribution < 1.29 is 26.4 Å². The molecule has 0 aliphatic rings. The lowest BCUT2D eigenvalue weighted by atomic mass is 10.3. The number of aromatic nitrogens is 4. The number of hydrogen-bond donors (Lipinski definition) is 1. The molecule has 6 aromatic rings. The normalized spacial score (nSPS) is 11.2. The zero-order valence-electron chi connectivity index (χ0n) is 24.9. The predicted molar refractivity (Wildman–Crippen MR) is 177 cm³/mol. The van der Waals surface area contributed by atoms with Crippen molar-refractivity contribution in [3.8, 4) is 11.4 Å². The van der Waals surface area contributed by atoms with Crippen LogP contribution in [0.15, 0.2) is 143 Å². The molecule has 0 aliphatic heterocycles. The Morgan fingerprint density at radius 2 is 1.02 bits per heavy atom. The van der Waals surface area contributed by atoms with Gasteiger partial charge in [0.1, 0.15) is 23.0 Å². The van der Waals surface area contributed by atoms with Crippen LogP contribution in [0.4, 0.5) is 11.6 Å². The van der Waals surface area contributed by atoms with Crippen molar-refractivity contribution in [3.63, 3.8) is 0 Å². The molecular weight excluding hydrogens is 641 g/mol. The molecule has 2 aromatic heterocycles. The molecule has 47 heavy (non-hydrogen) atoms. The van der Waals surface area contributed by atoms with Gasteiger partial charge in [-0.2, -0.15) is 10.2 Å². The summed E-state index contributed by atoms with van der Waals surface area (Å²) in [4.78, 5) is 22.4. The SMILES string of the molecule is CN(c1cc(C=O)nn1-c1ccccc1)S(=O)(=O)c1ccccc1.O=Cc1cc(NS(=O)(=O)c2ccccc2)n(-c2ccccc2)n1. The monoisotopic (exact) mass is 668 g/mol. The van der Waals surface area contributed by atoms with Crippen molar-refractivity contribution >= 4 is 44.3 Å². The van der Waals surface area contributed by atoms with E-state index < -0.39 is 20.0 Å². The van der Waals surface area contributed by atoms with E-state index in [4.69, 9.17) is 0 Å². The zero-order chi connectivity index (χ0) is 33.4. The number of para-hydroxylation sites is 2. The molecule has 14 heteroatoms. The van der Waals surface area contributed by atoms with E-state index in [0.717, 1.165) is 4.31 Å². The van der Waals surface area contributed by atoms with Gasteiger partial charge in [0.2, 0.25) is 0 Å². The van der Waals surface area contributed by atoms with Gasteiger partial charge in [0.05, 0.1) is 21.2 Å². The number of anilines is 2. The van der Waals surface area contributed by atoms with Crippen LogP contribution in [0.2, 0.25) is 0 Å². The standard InChI is InChI=1S/C17H15N3O3S.C16H13N3O3S/c1-19(24(22,23)16-10-6-3-7-11-16)17-12-14(13-21)18-20(17)15-8-4-2-5-9-15;20-12-13-11-16(19(17-13)14-7-3-1-4-8-14)18-23(21,22)15-9-5-2-6-10-15/h2-13H,1H3;1-12,18H. The van der Waals surface area contributed by atoms with Crippen molar-refractivity contribution in [1.29, 1.82) is 0 Å². The van der Waals surface area contributed by atoms with Crippen LogP contribution in [0.5, 0.6) is 0 Å². The molecule has 1 N–H and O–H groups in total. The molecule has 0 saturated heterocycles. The second kappa shape index (κ2) is 14.1. The summed E-state index contributed by atoms with van der Waals surface area (Å²) in [5, 5.41) is 8.27. The molecule has 0 unspecified atom stereocenters. The summed E-state index contributed by atoms with van der Waals surface area (Å²) in [6.45, 7) is 0. The maximum absolute atomic E-state index is 12.8. The fourth-order valence-corrected chi connectivity index (χ4v) is 6.64. The van der Waals surface area contributed by atoms with Crippen LogP contribution in [0.25, 0.3) is 11.4 Å². The van der Waals surface area contributed by atoms with E-state index in [0.29, 0.717) is 23.9 Å². The third-order valence-corrected chi connectivity index (χ3v) is 9.84. The van der Waals surface area contributed by atoms with Gasteiger partial charge in [0.25, 0.3) is 20.0 Å². The highest BCUT2D eigenvalue weighted by Crippen LogP contribution is 2.25. The number of sulfonamides is 2. The minimum absolute atomic E-state index is 0.133. The van der Waals surface area contributed by atoms with E-state index in [1.807, 2.05) is 24.3 Å². The minimum Gasteiger partial charge on any atom is -0.296 e. The number of nitrogens with zero attached hydrogens (tertiary/aromatic N) is 5. The Labute approximate surface area is 271 Å². The first-order chi connectivity index (χ1) is 22.6. The molecule has 4 aromatic carbocycles. The van der Waals surface area contributed by atoms with E-state index in [-0.39, 0.29) is 32.8 Å². The first-order valence-corrected chi connectivity index (χ1v) is 16.9. The number of aldehydes is 2. The van der Waals surface area contributed by atoms with Gasteiger partial charge in [-0.3, -0.25) is 18.6 Å². The molecule has 0 bridgehead atoms. The highest BCUT2D eigenvalue weighted by Gasteiger charge is 2.25. The van der Waals surface area contributed by atoms with Crippen LogP contribution >= 0.6 is 0 Å². The van der Waals surface area contributed by atoms with Gasteiger partial charge >= 0.3 is 0 Å². The third kappa shape index (κ3) is 7.35. The average molecular weight is 669 g/mol. The van der Waals surface area contributed by atoms with E-state index in [1.165, 1.54) is 52.8 Å². The van der Waals surface area contributed by atoms with Crippen LogP contribution in [-0.2, 0) is 20.0 Å². The van der Waals surface area contributed by atoms with Crippen molar-refractivity contribution in [1.82, 2.24) is 19.6 Å². The molecule has 2 heterocycles. The fraction of sp³-hybridized carbons (Fsp3) is 0.0303. The van der Waals surface area contributed by atoms with Gasteiger partial charge in [-0.1, -0.05) is 72.8 Å². The maximum Gasteiger partial charge on any atom is 0.265 e. The topological polar surface area (TPSA) is 153 Å². The first-order valence-electron chi connectivity index (χ1n) is 14.0.